The summed E-state index contributed by atoms with van der Waals surface area (Å²) in [4.78, 5) is 28.8. The van der Waals surface area contributed by atoms with E-state index in [1.54, 1.807) is 13.0 Å². The minimum Gasteiger partial charge on any atom is -0.480 e. The lowest BCUT2D eigenvalue weighted by Crippen LogP contribution is -2.52. The number of carbonyl (C=O) groups excluding carboxylic acids is 1. The van der Waals surface area contributed by atoms with Crippen molar-refractivity contribution in [2.75, 3.05) is 6.54 Å². The lowest BCUT2D eigenvalue weighted by molar-refractivity contribution is -0.141. The second kappa shape index (κ2) is 7.58. The van der Waals surface area contributed by atoms with Gasteiger partial charge in [0.2, 0.25) is 0 Å². The lowest BCUT2D eigenvalue weighted by Gasteiger charge is -2.24. The highest BCUT2D eigenvalue weighted by Gasteiger charge is 2.26. The minimum atomic E-state index is -1.34. The van der Waals surface area contributed by atoms with Crippen molar-refractivity contribution in [2.24, 2.45) is 0 Å². The molecule has 0 spiro atoms. The summed E-state index contributed by atoms with van der Waals surface area (Å²) in [6.07, 6.45) is -1.18. The predicted molar refractivity (Wildman–Crippen MR) is 76.7 cm³/mol. The highest BCUT2D eigenvalue weighted by molar-refractivity contribution is 5.83. The second-order valence-electron chi connectivity index (χ2n) is 4.79. The number of hydrogen-bond acceptors (Lipinski definition) is 4. The molecule has 21 heavy (non-hydrogen) atoms. The van der Waals surface area contributed by atoms with Crippen molar-refractivity contribution < 1.29 is 19.8 Å². The van der Waals surface area contributed by atoms with E-state index in [4.69, 9.17) is 5.11 Å². The fraction of sp³-hybridized carbons (Fsp3) is 0.500. The molecule has 1 rings (SSSR count). The summed E-state index contributed by atoms with van der Waals surface area (Å²) in [5.74, 6) is -1.27. The third-order valence-corrected chi connectivity index (χ3v) is 3.00. The number of carboxylic acid groups (broad SMARTS) is 1. The van der Waals surface area contributed by atoms with Crippen LogP contribution in [0.5, 0.6) is 0 Å². The first-order valence-electron chi connectivity index (χ1n) is 6.74. The first kappa shape index (κ1) is 16.9. The molecule has 2 unspecified atom stereocenters. The number of carboxylic acids is 1. The van der Waals surface area contributed by atoms with Crippen LogP contribution in [-0.4, -0.2) is 50.8 Å². The van der Waals surface area contributed by atoms with Crippen LogP contribution in [0, 0.1) is 6.92 Å². The van der Waals surface area contributed by atoms with Crippen LogP contribution in [0.25, 0.3) is 0 Å². The smallest absolute Gasteiger partial charge is 0.328 e. The Morgan fingerprint density at radius 1 is 1.43 bits per heavy atom. The molecular formula is C14H21N3O4. The Labute approximate surface area is 123 Å². The summed E-state index contributed by atoms with van der Waals surface area (Å²) < 4.78 is 0. The van der Waals surface area contributed by atoms with Crippen LogP contribution in [0.4, 0.5) is 4.79 Å². The molecule has 0 aromatic carbocycles. The number of hydrogen-bond donors (Lipinski definition) is 3. The van der Waals surface area contributed by atoms with Crippen molar-refractivity contribution in [3.63, 3.8) is 0 Å². The van der Waals surface area contributed by atoms with Gasteiger partial charge in [-0.25, -0.2) is 9.59 Å². The molecule has 7 heteroatoms. The van der Waals surface area contributed by atoms with E-state index in [1.165, 1.54) is 11.8 Å². The van der Waals surface area contributed by atoms with Crippen molar-refractivity contribution in [3.05, 3.63) is 29.6 Å². The molecule has 7 nitrogen and oxygen atoms in total. The topological polar surface area (TPSA) is 103 Å². The highest BCUT2D eigenvalue weighted by atomic mass is 16.4. The molecular weight excluding hydrogens is 274 g/mol. The summed E-state index contributed by atoms with van der Waals surface area (Å²) in [6.45, 7) is 5.63. The quantitative estimate of drug-likeness (QED) is 0.719. The number of nitrogens with zero attached hydrogens (tertiary/aromatic N) is 2. The molecule has 0 aliphatic carbocycles. The molecule has 2 atom stereocenters. The molecule has 0 aliphatic heterocycles. The number of rotatable bonds is 6. The molecule has 116 valence electrons. The SMILES string of the molecule is CCN(Cc1cccc(C)n1)C(=O)NC(C(=O)O)C(C)O. The number of pyridine rings is 1. The van der Waals surface area contributed by atoms with Crippen molar-refractivity contribution in [2.45, 2.75) is 39.5 Å². The zero-order chi connectivity index (χ0) is 16.0. The summed E-state index contributed by atoms with van der Waals surface area (Å²) in [7, 11) is 0. The van der Waals surface area contributed by atoms with E-state index in [2.05, 4.69) is 10.3 Å². The summed E-state index contributed by atoms with van der Waals surface area (Å²) in [5, 5.41) is 20.7. The Balaban J connectivity index is 2.75. The monoisotopic (exact) mass is 295 g/mol. The van der Waals surface area contributed by atoms with Crippen molar-refractivity contribution in [1.82, 2.24) is 15.2 Å². The minimum absolute atomic E-state index is 0.274. The van der Waals surface area contributed by atoms with Gasteiger partial charge in [0, 0.05) is 12.2 Å². The number of aryl methyl sites for hydroxylation is 1. The lowest BCUT2D eigenvalue weighted by atomic mass is 10.2. The van der Waals surface area contributed by atoms with Gasteiger partial charge in [0.1, 0.15) is 0 Å². The normalized spacial score (nSPS) is 13.3. The molecule has 0 bridgehead atoms. The van der Waals surface area contributed by atoms with Crippen LogP contribution >= 0.6 is 0 Å². The maximum absolute atomic E-state index is 12.1. The van der Waals surface area contributed by atoms with Crippen LogP contribution in [-0.2, 0) is 11.3 Å². The van der Waals surface area contributed by atoms with Gasteiger partial charge in [0.25, 0.3) is 0 Å². The summed E-state index contributed by atoms with van der Waals surface area (Å²) in [6, 6.07) is 3.62. The van der Waals surface area contributed by atoms with Gasteiger partial charge in [0.15, 0.2) is 6.04 Å². The fourth-order valence-corrected chi connectivity index (χ4v) is 1.82. The molecule has 0 saturated heterocycles. The molecule has 0 radical (unpaired) electrons. The Morgan fingerprint density at radius 2 is 2.10 bits per heavy atom. The maximum Gasteiger partial charge on any atom is 0.328 e. The van der Waals surface area contributed by atoms with Crippen molar-refractivity contribution in [1.29, 1.82) is 0 Å². The first-order chi connectivity index (χ1) is 9.85. The zero-order valence-corrected chi connectivity index (χ0v) is 12.4. The first-order valence-corrected chi connectivity index (χ1v) is 6.74. The molecule has 0 saturated carbocycles. The standard InChI is InChI=1S/C14H21N3O4/c1-4-17(8-11-7-5-6-9(2)15-11)14(21)16-12(10(3)18)13(19)20/h5-7,10,12,18H,4,8H2,1-3H3,(H,16,21)(H,19,20). The van der Waals surface area contributed by atoms with Gasteiger partial charge in [-0.05, 0) is 32.9 Å². The van der Waals surface area contributed by atoms with E-state index in [1.807, 2.05) is 19.1 Å². The average molecular weight is 295 g/mol. The molecule has 1 heterocycles. The van der Waals surface area contributed by atoms with Crippen LogP contribution in [0.1, 0.15) is 25.2 Å². The summed E-state index contributed by atoms with van der Waals surface area (Å²) >= 11 is 0. The highest BCUT2D eigenvalue weighted by Crippen LogP contribution is 2.05. The maximum atomic E-state index is 12.1. The van der Waals surface area contributed by atoms with Gasteiger partial charge in [-0.3, -0.25) is 4.98 Å². The number of aliphatic carboxylic acids is 1. The fourth-order valence-electron chi connectivity index (χ4n) is 1.82. The molecule has 1 aromatic heterocycles. The zero-order valence-electron chi connectivity index (χ0n) is 12.4. The number of amides is 2. The number of urea groups is 1. The number of aliphatic hydroxyl groups excluding tert-OH is 1. The molecule has 3 N–H and O–H groups in total. The number of carbonyl (C=O) groups is 2. The average Bonchev–Trinajstić information content (AvgIpc) is 2.41. The van der Waals surface area contributed by atoms with E-state index in [0.29, 0.717) is 6.54 Å². The van der Waals surface area contributed by atoms with Crippen LogP contribution < -0.4 is 5.32 Å². The van der Waals surface area contributed by atoms with Crippen LogP contribution in [0.15, 0.2) is 18.2 Å². The van der Waals surface area contributed by atoms with Gasteiger partial charge in [-0.2, -0.15) is 0 Å². The largest absolute Gasteiger partial charge is 0.480 e. The Kier molecular flexibility index (Phi) is 6.10. The Hall–Kier alpha value is -2.15. The van der Waals surface area contributed by atoms with Crippen molar-refractivity contribution >= 4 is 12.0 Å². The van der Waals surface area contributed by atoms with Gasteiger partial charge in [-0.1, -0.05) is 6.07 Å². The van der Waals surface area contributed by atoms with E-state index >= 15 is 0 Å². The van der Waals surface area contributed by atoms with E-state index in [-0.39, 0.29) is 6.54 Å². The molecule has 0 aliphatic rings. The van der Waals surface area contributed by atoms with E-state index in [0.717, 1.165) is 11.4 Å². The van der Waals surface area contributed by atoms with Gasteiger partial charge >= 0.3 is 12.0 Å². The molecule has 1 aromatic rings. The molecule has 2 amide bonds. The Bertz CT molecular complexity index is 505. The third kappa shape index (κ3) is 5.03. The number of aliphatic hydroxyl groups is 1. The van der Waals surface area contributed by atoms with Gasteiger partial charge in [0.05, 0.1) is 18.3 Å². The van der Waals surface area contributed by atoms with Crippen LogP contribution in [0.2, 0.25) is 0 Å². The van der Waals surface area contributed by atoms with Gasteiger partial charge in [-0.15, -0.1) is 0 Å². The van der Waals surface area contributed by atoms with Gasteiger partial charge < -0.3 is 20.4 Å². The Morgan fingerprint density at radius 3 is 2.57 bits per heavy atom. The number of aromatic nitrogens is 1. The second-order valence-corrected chi connectivity index (χ2v) is 4.79. The number of nitrogens with one attached hydrogen (secondary N) is 1. The van der Waals surface area contributed by atoms with E-state index in [9.17, 15) is 14.7 Å². The molecule has 0 fully saturated rings. The third-order valence-electron chi connectivity index (χ3n) is 3.00. The predicted octanol–water partition coefficient (Wildman–Crippen LogP) is 0.756. The van der Waals surface area contributed by atoms with Crippen molar-refractivity contribution in [3.8, 4) is 0 Å². The van der Waals surface area contributed by atoms with Crippen LogP contribution in [0.3, 0.4) is 0 Å². The summed E-state index contributed by atoms with van der Waals surface area (Å²) in [5.41, 5.74) is 1.56. The van der Waals surface area contributed by atoms with E-state index < -0.39 is 24.1 Å².